The molecule has 0 heterocycles. The zero-order valence-corrected chi connectivity index (χ0v) is 4.87. The number of carboxylic acid groups (broad SMARTS) is 2. The highest BCUT2D eigenvalue weighted by molar-refractivity contribution is 5.74. The SMILES string of the molecule is [2H]N([2H])[C@]([2H])(C(=O)O)C([2H])([2H])CC(=O)O. The van der Waals surface area contributed by atoms with Gasteiger partial charge in [0.25, 0.3) is 0 Å². The van der Waals surface area contributed by atoms with Crippen molar-refractivity contribution in [3.63, 3.8) is 0 Å². The third kappa shape index (κ3) is 3.85. The normalized spacial score (nSPS) is 24.7. The topological polar surface area (TPSA) is 101 Å². The summed E-state index contributed by atoms with van der Waals surface area (Å²) in [6.07, 6.45) is -4.34. The first-order chi connectivity index (χ1) is 6.55. The fraction of sp³-hybridized carbons (Fsp3) is 0.600. The predicted molar refractivity (Wildman–Crippen MR) is 32.5 cm³/mol. The van der Waals surface area contributed by atoms with Gasteiger partial charge in [0.05, 0.1) is 1.37 Å². The lowest BCUT2D eigenvalue weighted by atomic mass is 10.2. The Morgan fingerprint density at radius 3 is 2.70 bits per heavy atom. The van der Waals surface area contributed by atoms with Crippen LogP contribution in [-0.2, 0) is 9.59 Å². The molecular formula is C5H9NO4. The fourth-order valence-corrected chi connectivity index (χ4v) is 0.235. The molecule has 10 heavy (non-hydrogen) atoms. The lowest BCUT2D eigenvalue weighted by molar-refractivity contribution is -0.139. The number of carboxylic acids is 2. The molecule has 0 saturated carbocycles. The highest BCUT2D eigenvalue weighted by Gasteiger charge is 2.12. The van der Waals surface area contributed by atoms with Crippen LogP contribution in [0.4, 0.5) is 0 Å². The molecule has 0 aliphatic rings. The summed E-state index contributed by atoms with van der Waals surface area (Å²) in [6, 6.07) is -3.29. The fourth-order valence-electron chi connectivity index (χ4n) is 0.235. The van der Waals surface area contributed by atoms with Crippen LogP contribution in [0.15, 0.2) is 0 Å². The van der Waals surface area contributed by atoms with E-state index in [9.17, 15) is 9.59 Å². The Kier molecular flexibility index (Phi) is 1.28. The summed E-state index contributed by atoms with van der Waals surface area (Å²) in [4.78, 5) is 20.8. The lowest BCUT2D eigenvalue weighted by Gasteiger charge is -2.01. The quantitative estimate of drug-likeness (QED) is 0.481. The van der Waals surface area contributed by atoms with Crippen molar-refractivity contribution in [1.29, 1.82) is 0 Å². The van der Waals surface area contributed by atoms with Gasteiger partial charge in [-0.3, -0.25) is 9.59 Å². The van der Waals surface area contributed by atoms with Crippen LogP contribution in [0.3, 0.4) is 0 Å². The molecule has 5 heteroatoms. The summed E-state index contributed by atoms with van der Waals surface area (Å²) in [7, 11) is 0. The molecule has 0 amide bonds. The van der Waals surface area contributed by atoms with Gasteiger partial charge in [0.2, 0.25) is 0 Å². The molecule has 0 aliphatic carbocycles. The summed E-state index contributed by atoms with van der Waals surface area (Å²) >= 11 is 0. The second-order valence-electron chi connectivity index (χ2n) is 1.40. The van der Waals surface area contributed by atoms with Crippen LogP contribution in [0.1, 0.15) is 16.9 Å². The molecule has 5 nitrogen and oxygen atoms in total. The maximum Gasteiger partial charge on any atom is 0.320 e. The van der Waals surface area contributed by atoms with Crippen molar-refractivity contribution in [2.75, 3.05) is 0 Å². The summed E-state index contributed by atoms with van der Waals surface area (Å²) in [6.45, 7) is 0. The largest absolute Gasteiger partial charge is 0.481 e. The van der Waals surface area contributed by atoms with Crippen LogP contribution in [0, 0.1) is 0 Å². The van der Waals surface area contributed by atoms with Gasteiger partial charge in [0.1, 0.15) is 8.84 Å². The minimum Gasteiger partial charge on any atom is -0.481 e. The third-order valence-electron chi connectivity index (χ3n) is 0.610. The van der Waals surface area contributed by atoms with Gasteiger partial charge in [-0.25, -0.2) is 0 Å². The lowest BCUT2D eigenvalue weighted by Crippen LogP contribution is -2.30. The van der Waals surface area contributed by atoms with Gasteiger partial charge < -0.3 is 15.9 Å². The van der Waals surface area contributed by atoms with Gasteiger partial charge in [0, 0.05) is 9.16 Å². The van der Waals surface area contributed by atoms with E-state index in [0.717, 1.165) is 0 Å². The minimum absolute atomic E-state index is 0.668. The number of carbonyl (C=O) groups is 2. The van der Waals surface area contributed by atoms with Gasteiger partial charge >= 0.3 is 11.9 Å². The first kappa shape index (κ1) is 3.34. The smallest absolute Gasteiger partial charge is 0.320 e. The van der Waals surface area contributed by atoms with E-state index < -0.39 is 36.5 Å². The number of aliphatic carboxylic acids is 2. The Morgan fingerprint density at radius 2 is 2.40 bits per heavy atom. The van der Waals surface area contributed by atoms with Crippen LogP contribution >= 0.6 is 0 Å². The van der Waals surface area contributed by atoms with E-state index in [1.54, 1.807) is 0 Å². The maximum atomic E-state index is 10.6. The third-order valence-corrected chi connectivity index (χ3v) is 0.610. The van der Waals surface area contributed by atoms with Crippen LogP contribution in [0.2, 0.25) is 2.82 Å². The number of hydrogen-bond donors (Lipinski definition) is 3. The van der Waals surface area contributed by atoms with Gasteiger partial charge in [-0.05, 0) is 6.37 Å². The van der Waals surface area contributed by atoms with E-state index in [-0.39, 0.29) is 0 Å². The Bertz CT molecular complexity index is 283. The van der Waals surface area contributed by atoms with Crippen molar-refractivity contribution in [2.45, 2.75) is 18.8 Å². The second-order valence-corrected chi connectivity index (χ2v) is 1.40. The molecule has 58 valence electrons. The van der Waals surface area contributed by atoms with E-state index in [1.165, 1.54) is 0 Å². The molecule has 0 aromatic rings. The summed E-state index contributed by atoms with van der Waals surface area (Å²) in [5.41, 5.74) is -0.668. The standard InChI is InChI=1S/C5H9NO4/c6-3(5(9)10)1-2-4(7)8/h3H,1-2,6H2,(H,7,8)(H,9,10)/t3-/m0/s1/i1D2,3D/hD2. The molecular weight excluding hydrogens is 138 g/mol. The van der Waals surface area contributed by atoms with E-state index in [1.807, 2.05) is 0 Å². The number of hydrogen-bond acceptors (Lipinski definition) is 3. The van der Waals surface area contributed by atoms with Crippen LogP contribution in [-0.4, -0.2) is 28.2 Å². The molecule has 0 aromatic heterocycles. The van der Waals surface area contributed by atoms with Crippen molar-refractivity contribution in [3.05, 3.63) is 0 Å². The Labute approximate surface area is 64.6 Å². The van der Waals surface area contributed by atoms with Crippen molar-refractivity contribution >= 4 is 11.9 Å². The zero-order valence-electron chi connectivity index (χ0n) is 9.87. The molecule has 0 spiro atoms. The Morgan fingerprint density at radius 1 is 1.80 bits per heavy atom. The maximum absolute atomic E-state index is 10.6. The van der Waals surface area contributed by atoms with E-state index >= 15 is 0 Å². The van der Waals surface area contributed by atoms with Crippen molar-refractivity contribution in [2.24, 2.45) is 5.72 Å². The van der Waals surface area contributed by atoms with Crippen LogP contribution in [0.25, 0.3) is 0 Å². The molecule has 1 atom stereocenters. The van der Waals surface area contributed by atoms with Crippen molar-refractivity contribution in [3.8, 4) is 0 Å². The van der Waals surface area contributed by atoms with Gasteiger partial charge in [-0.2, -0.15) is 0 Å². The molecule has 0 aromatic carbocycles. The molecule has 4 N–H and O–H groups in total. The molecule has 0 aliphatic heterocycles. The highest BCUT2D eigenvalue weighted by atomic mass is 16.4. The number of rotatable bonds is 5. The van der Waals surface area contributed by atoms with Crippen molar-refractivity contribution in [1.82, 2.24) is 0 Å². The van der Waals surface area contributed by atoms with E-state index in [0.29, 0.717) is 0 Å². The van der Waals surface area contributed by atoms with Gasteiger partial charge in [-0.15, -0.1) is 0 Å². The molecule has 0 saturated heterocycles. The van der Waals surface area contributed by atoms with Crippen LogP contribution < -0.4 is 5.72 Å². The van der Waals surface area contributed by atoms with Crippen LogP contribution in [0.5, 0.6) is 0 Å². The highest BCUT2D eigenvalue weighted by Crippen LogP contribution is 1.93. The minimum atomic E-state index is -3.29. The average Bonchev–Trinajstić information content (AvgIpc) is 1.98. The van der Waals surface area contributed by atoms with E-state index in [2.05, 4.69) is 0 Å². The second kappa shape index (κ2) is 3.84. The summed E-state index contributed by atoms with van der Waals surface area (Å²) in [5, 5.41) is 16.9. The van der Waals surface area contributed by atoms with Gasteiger partial charge in [-0.1, -0.05) is 0 Å². The molecule has 0 unspecified atom stereocenters. The van der Waals surface area contributed by atoms with Gasteiger partial charge in [0.15, 0.2) is 0 Å². The average molecular weight is 152 g/mol. The molecule has 0 fully saturated rings. The first-order valence-electron chi connectivity index (χ1n) is 4.68. The first-order valence-corrected chi connectivity index (χ1v) is 2.29. The zero-order chi connectivity index (χ0) is 12.4. The van der Waals surface area contributed by atoms with Crippen molar-refractivity contribution < 1.29 is 26.7 Å². The van der Waals surface area contributed by atoms with E-state index in [4.69, 9.17) is 17.1 Å². The molecule has 0 radical (unpaired) electrons. The number of nitrogens with two attached hydrogens (primary N) is 1. The Balaban J connectivity index is 5.25. The monoisotopic (exact) mass is 152 g/mol. The summed E-state index contributed by atoms with van der Waals surface area (Å²) in [5.74, 6) is -3.75. The summed E-state index contributed by atoms with van der Waals surface area (Å²) < 4.78 is 34.7. The molecule has 0 rings (SSSR count). The molecule has 0 bridgehead atoms. The predicted octanol–water partition coefficient (Wildman–Crippen LogP) is -0.737. The Hall–Kier alpha value is -1.10.